The lowest BCUT2D eigenvalue weighted by Gasteiger charge is -2.26. The van der Waals surface area contributed by atoms with Crippen LogP contribution in [0.1, 0.15) is 81.3 Å². The van der Waals surface area contributed by atoms with E-state index in [2.05, 4.69) is 59.8 Å². The lowest BCUT2D eigenvalue weighted by atomic mass is 9.79. The molecule has 0 atom stereocenters. The summed E-state index contributed by atoms with van der Waals surface area (Å²) in [5.41, 5.74) is 4.51. The molecule has 0 N–H and O–H groups in total. The molecule has 0 saturated heterocycles. The minimum atomic E-state index is -0.0187. The van der Waals surface area contributed by atoms with E-state index in [0.29, 0.717) is 11.8 Å². The first kappa shape index (κ1) is 19.4. The molecule has 2 heteroatoms. The van der Waals surface area contributed by atoms with Crippen molar-refractivity contribution in [3.63, 3.8) is 0 Å². The Labute approximate surface area is 177 Å². The third kappa shape index (κ3) is 4.58. The van der Waals surface area contributed by atoms with E-state index in [1.54, 1.807) is 6.07 Å². The summed E-state index contributed by atoms with van der Waals surface area (Å²) >= 11 is 2.53. The number of benzene rings is 2. The van der Waals surface area contributed by atoms with Crippen molar-refractivity contribution in [1.29, 1.82) is 0 Å². The van der Waals surface area contributed by atoms with Crippen LogP contribution in [-0.4, -0.2) is 3.92 Å². The quantitative estimate of drug-likeness (QED) is 0.309. The second kappa shape index (κ2) is 8.63. The first-order valence-electron chi connectivity index (χ1n) is 10.6. The third-order valence-corrected chi connectivity index (χ3v) is 8.07. The summed E-state index contributed by atoms with van der Waals surface area (Å²) in [6, 6.07) is 14.8. The Balaban J connectivity index is 1.47. The largest absolute Gasteiger partial charge is 0.207 e. The predicted molar refractivity (Wildman–Crippen MR) is 121 cm³/mol. The average Bonchev–Trinajstić information content (AvgIpc) is 2.69. The molecular formula is C25H30FI. The maximum Gasteiger partial charge on any atom is 0.127 e. The Morgan fingerprint density at radius 3 is 1.96 bits per heavy atom. The molecule has 0 heterocycles. The fraction of sp³-hybridized carbons (Fsp3) is 0.520. The van der Waals surface area contributed by atoms with Crippen LogP contribution in [0.3, 0.4) is 0 Å². The molecule has 2 fully saturated rings. The summed E-state index contributed by atoms with van der Waals surface area (Å²) in [6.45, 7) is 2.37. The van der Waals surface area contributed by atoms with E-state index in [9.17, 15) is 4.39 Å². The molecule has 0 nitrogen and oxygen atoms in total. The lowest BCUT2D eigenvalue weighted by Crippen LogP contribution is -2.13. The molecule has 2 saturated carbocycles. The Morgan fingerprint density at radius 1 is 0.741 bits per heavy atom. The van der Waals surface area contributed by atoms with E-state index in [1.165, 1.54) is 44.1 Å². The van der Waals surface area contributed by atoms with Gasteiger partial charge in [0.2, 0.25) is 0 Å². The lowest BCUT2D eigenvalue weighted by molar-refractivity contribution is 0.348. The van der Waals surface area contributed by atoms with E-state index in [4.69, 9.17) is 0 Å². The highest BCUT2D eigenvalue weighted by atomic mass is 127. The zero-order valence-corrected chi connectivity index (χ0v) is 18.4. The standard InChI is InChI=1S/C25H30FI/c1-17-2-4-18(5-3-17)19-6-8-20(9-7-19)22-12-15-24(25(26)16-22)21-10-13-23(27)14-11-21/h6-9,12,15-18,21,23H,2-5,10-11,13-14H2,1H3. The number of alkyl halides is 1. The Kier molecular flexibility index (Phi) is 6.21. The van der Waals surface area contributed by atoms with Crippen molar-refractivity contribution in [1.82, 2.24) is 0 Å². The summed E-state index contributed by atoms with van der Waals surface area (Å²) < 4.78 is 15.6. The molecular weight excluding hydrogens is 446 g/mol. The molecule has 2 aromatic rings. The zero-order chi connectivity index (χ0) is 18.8. The number of rotatable bonds is 3. The summed E-state index contributed by atoms with van der Waals surface area (Å²) in [4.78, 5) is 0. The molecule has 0 amide bonds. The number of hydrogen-bond donors (Lipinski definition) is 0. The van der Waals surface area contributed by atoms with Crippen molar-refractivity contribution in [3.05, 3.63) is 59.4 Å². The van der Waals surface area contributed by atoms with Gasteiger partial charge in [-0.3, -0.25) is 0 Å². The van der Waals surface area contributed by atoms with Crippen LogP contribution in [-0.2, 0) is 0 Å². The maximum atomic E-state index is 14.8. The van der Waals surface area contributed by atoms with Gasteiger partial charge in [-0.2, -0.15) is 0 Å². The fourth-order valence-electron chi connectivity index (χ4n) is 4.94. The maximum absolute atomic E-state index is 14.8. The molecule has 0 aliphatic heterocycles. The van der Waals surface area contributed by atoms with Crippen molar-refractivity contribution in [3.8, 4) is 11.1 Å². The van der Waals surface area contributed by atoms with Crippen LogP contribution in [0.4, 0.5) is 4.39 Å². The first-order chi connectivity index (χ1) is 13.1. The highest BCUT2D eigenvalue weighted by Crippen LogP contribution is 2.39. The Hall–Kier alpha value is -0.900. The number of hydrogen-bond acceptors (Lipinski definition) is 0. The van der Waals surface area contributed by atoms with E-state index < -0.39 is 0 Å². The van der Waals surface area contributed by atoms with E-state index in [0.717, 1.165) is 39.4 Å². The molecule has 0 aromatic heterocycles. The highest BCUT2D eigenvalue weighted by molar-refractivity contribution is 14.1. The van der Waals surface area contributed by atoms with Gasteiger partial charge in [-0.15, -0.1) is 0 Å². The summed E-state index contributed by atoms with van der Waals surface area (Å²) in [5.74, 6) is 1.98. The molecule has 0 radical (unpaired) electrons. The van der Waals surface area contributed by atoms with Gasteiger partial charge in [-0.1, -0.05) is 78.8 Å². The molecule has 2 aliphatic rings. The van der Waals surface area contributed by atoms with Crippen LogP contribution in [0, 0.1) is 11.7 Å². The van der Waals surface area contributed by atoms with Gasteiger partial charge in [0.05, 0.1) is 0 Å². The minimum absolute atomic E-state index is 0.0187. The van der Waals surface area contributed by atoms with Gasteiger partial charge >= 0.3 is 0 Å². The van der Waals surface area contributed by atoms with Crippen molar-refractivity contribution in [2.24, 2.45) is 5.92 Å². The molecule has 2 aliphatic carbocycles. The second-order valence-corrected chi connectivity index (χ2v) is 10.5. The number of halogens is 2. The van der Waals surface area contributed by atoms with Crippen molar-refractivity contribution in [2.45, 2.75) is 74.1 Å². The molecule has 0 unspecified atom stereocenters. The van der Waals surface area contributed by atoms with Crippen LogP contribution in [0.25, 0.3) is 11.1 Å². The van der Waals surface area contributed by atoms with Gasteiger partial charge in [0.25, 0.3) is 0 Å². The van der Waals surface area contributed by atoms with Gasteiger partial charge < -0.3 is 0 Å². The fourth-order valence-corrected chi connectivity index (χ4v) is 5.66. The highest BCUT2D eigenvalue weighted by Gasteiger charge is 2.23. The van der Waals surface area contributed by atoms with Crippen LogP contribution in [0.2, 0.25) is 0 Å². The monoisotopic (exact) mass is 476 g/mol. The van der Waals surface area contributed by atoms with Crippen LogP contribution < -0.4 is 0 Å². The molecule has 27 heavy (non-hydrogen) atoms. The van der Waals surface area contributed by atoms with Crippen molar-refractivity contribution >= 4 is 22.6 Å². The second-order valence-electron chi connectivity index (χ2n) is 8.76. The van der Waals surface area contributed by atoms with Gasteiger partial charge in [-0.05, 0) is 84.6 Å². The average molecular weight is 476 g/mol. The first-order valence-corrected chi connectivity index (χ1v) is 11.9. The predicted octanol–water partition coefficient (Wildman–Crippen LogP) is 8.25. The molecule has 2 aromatic carbocycles. The van der Waals surface area contributed by atoms with Crippen LogP contribution in [0.15, 0.2) is 42.5 Å². The molecule has 0 spiro atoms. The third-order valence-electron chi connectivity index (χ3n) is 6.83. The van der Waals surface area contributed by atoms with Crippen LogP contribution in [0.5, 0.6) is 0 Å². The molecule has 144 valence electrons. The summed E-state index contributed by atoms with van der Waals surface area (Å²) in [6.07, 6.45) is 9.99. The van der Waals surface area contributed by atoms with Gasteiger partial charge in [-0.25, -0.2) is 4.39 Å². The van der Waals surface area contributed by atoms with Gasteiger partial charge in [0, 0.05) is 3.92 Å². The van der Waals surface area contributed by atoms with E-state index in [1.807, 2.05) is 6.07 Å². The van der Waals surface area contributed by atoms with E-state index >= 15 is 0 Å². The van der Waals surface area contributed by atoms with Crippen molar-refractivity contribution < 1.29 is 4.39 Å². The van der Waals surface area contributed by atoms with Gasteiger partial charge in [0.15, 0.2) is 0 Å². The van der Waals surface area contributed by atoms with E-state index in [-0.39, 0.29) is 5.82 Å². The van der Waals surface area contributed by atoms with Crippen molar-refractivity contribution in [2.75, 3.05) is 0 Å². The summed E-state index contributed by atoms with van der Waals surface area (Å²) in [5, 5.41) is 0. The molecule has 4 rings (SSSR count). The zero-order valence-electron chi connectivity index (χ0n) is 16.3. The molecule has 0 bridgehead atoms. The van der Waals surface area contributed by atoms with Crippen LogP contribution >= 0.6 is 22.6 Å². The SMILES string of the molecule is CC1CCC(c2ccc(-c3ccc(C4CCC(I)CC4)c(F)c3)cc2)CC1. The topological polar surface area (TPSA) is 0 Å². The minimum Gasteiger partial charge on any atom is -0.207 e. The Morgan fingerprint density at radius 2 is 1.33 bits per heavy atom. The summed E-state index contributed by atoms with van der Waals surface area (Å²) in [7, 11) is 0. The Bertz CT molecular complexity index is 750. The van der Waals surface area contributed by atoms with Gasteiger partial charge in [0.1, 0.15) is 5.82 Å². The normalized spacial score (nSPS) is 28.9. The smallest absolute Gasteiger partial charge is 0.127 e.